The summed E-state index contributed by atoms with van der Waals surface area (Å²) in [6, 6.07) is 6.64. The zero-order chi connectivity index (χ0) is 12.1. The van der Waals surface area contributed by atoms with Crippen LogP contribution < -0.4 is 0 Å². The summed E-state index contributed by atoms with van der Waals surface area (Å²) < 4.78 is 1.27. The first-order chi connectivity index (χ1) is 7.27. The molecule has 0 spiro atoms. The van der Waals surface area contributed by atoms with Crippen LogP contribution in [0.4, 0.5) is 0 Å². The quantitative estimate of drug-likeness (QED) is 0.624. The molecule has 0 bridgehead atoms. The maximum Gasteiger partial charge on any atom is 0.0215 e. The van der Waals surface area contributed by atoms with E-state index >= 15 is 0 Å². The van der Waals surface area contributed by atoms with Gasteiger partial charge in [-0.3, -0.25) is 0 Å². The van der Waals surface area contributed by atoms with Gasteiger partial charge in [-0.1, -0.05) is 62.7 Å². The molecule has 1 heteroatoms. The van der Waals surface area contributed by atoms with Crippen molar-refractivity contribution in [3.05, 3.63) is 33.8 Å². The van der Waals surface area contributed by atoms with Gasteiger partial charge in [-0.2, -0.15) is 0 Å². The van der Waals surface area contributed by atoms with Gasteiger partial charge in [0.2, 0.25) is 0 Å². The topological polar surface area (TPSA) is 0 Å². The van der Waals surface area contributed by atoms with Crippen molar-refractivity contribution < 1.29 is 0 Å². The lowest BCUT2D eigenvalue weighted by molar-refractivity contribution is 0.232. The first kappa shape index (κ1) is 12.2. The molecular formula is C15H21Br. The molecule has 88 valence electrons. The molecule has 0 aliphatic heterocycles. The van der Waals surface area contributed by atoms with Crippen LogP contribution >= 0.6 is 15.9 Å². The molecule has 1 aromatic rings. The summed E-state index contributed by atoms with van der Waals surface area (Å²) in [5.41, 5.74) is 3.60. The molecule has 0 nitrogen and oxygen atoms in total. The summed E-state index contributed by atoms with van der Waals surface area (Å²) in [6.07, 6.45) is 1.27. The molecule has 0 aromatic heterocycles. The summed E-state index contributed by atoms with van der Waals surface area (Å²) in [6.45, 7) is 11.9. The Kier molecular flexibility index (Phi) is 2.73. The predicted octanol–water partition coefficient (Wildman–Crippen LogP) is 5.04. The molecule has 1 atom stereocenters. The monoisotopic (exact) mass is 280 g/mol. The normalized spacial score (nSPS) is 26.2. The minimum absolute atomic E-state index is 0.269. The van der Waals surface area contributed by atoms with E-state index < -0.39 is 0 Å². The zero-order valence-corrected chi connectivity index (χ0v) is 12.5. The van der Waals surface area contributed by atoms with E-state index in [9.17, 15) is 0 Å². The van der Waals surface area contributed by atoms with E-state index in [1.807, 2.05) is 0 Å². The largest absolute Gasteiger partial charge is 0.0616 e. The molecule has 0 saturated heterocycles. The van der Waals surface area contributed by atoms with Gasteiger partial charge < -0.3 is 0 Å². The summed E-state index contributed by atoms with van der Waals surface area (Å²) in [4.78, 5) is 0. The highest BCUT2D eigenvalue weighted by Gasteiger charge is 2.42. The van der Waals surface area contributed by atoms with Gasteiger partial charge in [-0.25, -0.2) is 0 Å². The van der Waals surface area contributed by atoms with Crippen molar-refractivity contribution in [3.63, 3.8) is 0 Å². The van der Waals surface area contributed by atoms with Crippen LogP contribution in [0, 0.1) is 5.92 Å². The Balaban J connectivity index is 2.73. The highest BCUT2D eigenvalue weighted by atomic mass is 79.9. The van der Waals surface area contributed by atoms with Crippen LogP contribution in [0.25, 0.3) is 0 Å². The second-order valence-electron chi connectivity index (χ2n) is 6.37. The molecule has 1 aliphatic rings. The maximum atomic E-state index is 3.74. The van der Waals surface area contributed by atoms with Gasteiger partial charge in [0.1, 0.15) is 0 Å². The van der Waals surface area contributed by atoms with Crippen LogP contribution in [-0.4, -0.2) is 0 Å². The van der Waals surface area contributed by atoms with E-state index in [1.54, 1.807) is 0 Å². The van der Waals surface area contributed by atoms with E-state index in [0.29, 0.717) is 11.3 Å². The molecule has 0 amide bonds. The van der Waals surface area contributed by atoms with Gasteiger partial charge in [0.05, 0.1) is 0 Å². The molecule has 0 fully saturated rings. The van der Waals surface area contributed by atoms with E-state index in [0.717, 1.165) is 0 Å². The summed E-state index contributed by atoms with van der Waals surface area (Å²) >= 11 is 3.74. The fraction of sp³-hybridized carbons (Fsp3) is 0.600. The molecule has 0 saturated carbocycles. The van der Waals surface area contributed by atoms with Crippen molar-refractivity contribution in [2.45, 2.75) is 51.9 Å². The fourth-order valence-corrected chi connectivity index (χ4v) is 4.00. The lowest BCUT2D eigenvalue weighted by Gasteiger charge is -2.47. The number of benzene rings is 1. The number of hydrogen-bond donors (Lipinski definition) is 0. The number of hydrogen-bond acceptors (Lipinski definition) is 0. The first-order valence-corrected chi connectivity index (χ1v) is 6.85. The van der Waals surface area contributed by atoms with E-state index in [1.165, 1.54) is 22.0 Å². The SMILES string of the molecule is CC1CC(C)(C)c2cccc(Br)c2C1(C)C. The van der Waals surface area contributed by atoms with Crippen LogP contribution in [0.15, 0.2) is 22.7 Å². The summed E-state index contributed by atoms with van der Waals surface area (Å²) in [7, 11) is 0. The van der Waals surface area contributed by atoms with E-state index in [4.69, 9.17) is 0 Å². The van der Waals surface area contributed by atoms with E-state index in [-0.39, 0.29) is 5.41 Å². The molecule has 1 aliphatic carbocycles. The second-order valence-corrected chi connectivity index (χ2v) is 7.23. The Labute approximate surface area is 108 Å². The van der Waals surface area contributed by atoms with Crippen LogP contribution in [0.2, 0.25) is 0 Å². The van der Waals surface area contributed by atoms with Crippen molar-refractivity contribution >= 4 is 15.9 Å². The van der Waals surface area contributed by atoms with Crippen LogP contribution in [0.5, 0.6) is 0 Å². The third-order valence-electron chi connectivity index (χ3n) is 4.44. The lowest BCUT2D eigenvalue weighted by Crippen LogP contribution is -2.40. The maximum absolute atomic E-state index is 3.74. The van der Waals surface area contributed by atoms with Crippen LogP contribution in [0.3, 0.4) is 0 Å². The van der Waals surface area contributed by atoms with Gasteiger partial charge in [0.25, 0.3) is 0 Å². The molecule has 1 aromatic carbocycles. The van der Waals surface area contributed by atoms with Crippen molar-refractivity contribution in [1.29, 1.82) is 0 Å². The summed E-state index contributed by atoms with van der Waals surface area (Å²) in [5, 5.41) is 0. The van der Waals surface area contributed by atoms with Crippen molar-refractivity contribution in [3.8, 4) is 0 Å². The Morgan fingerprint density at radius 1 is 1.19 bits per heavy atom. The molecule has 1 unspecified atom stereocenters. The van der Waals surface area contributed by atoms with E-state index in [2.05, 4.69) is 68.7 Å². The van der Waals surface area contributed by atoms with Crippen molar-refractivity contribution in [2.24, 2.45) is 5.92 Å². The molecule has 0 heterocycles. The standard InChI is InChI=1S/C15H21Br/c1-10-9-14(2,3)11-7-6-8-12(16)13(11)15(10,4)5/h6-8,10H,9H2,1-5H3. The Hall–Kier alpha value is -0.300. The smallest absolute Gasteiger partial charge is 0.0215 e. The van der Waals surface area contributed by atoms with Gasteiger partial charge in [-0.15, -0.1) is 0 Å². The van der Waals surface area contributed by atoms with Crippen molar-refractivity contribution in [1.82, 2.24) is 0 Å². The minimum Gasteiger partial charge on any atom is -0.0616 e. The number of halogens is 1. The zero-order valence-electron chi connectivity index (χ0n) is 10.9. The Morgan fingerprint density at radius 2 is 1.81 bits per heavy atom. The molecular weight excluding hydrogens is 260 g/mol. The molecule has 16 heavy (non-hydrogen) atoms. The second kappa shape index (κ2) is 3.60. The van der Waals surface area contributed by atoms with Crippen LogP contribution in [0.1, 0.15) is 52.2 Å². The fourth-order valence-electron chi connectivity index (χ4n) is 3.12. The van der Waals surface area contributed by atoms with Gasteiger partial charge in [0.15, 0.2) is 0 Å². The highest BCUT2D eigenvalue weighted by molar-refractivity contribution is 9.10. The van der Waals surface area contributed by atoms with Gasteiger partial charge >= 0.3 is 0 Å². The van der Waals surface area contributed by atoms with Gasteiger partial charge in [-0.05, 0) is 40.4 Å². The Bertz CT molecular complexity index is 415. The third kappa shape index (κ3) is 1.64. The average Bonchev–Trinajstić information content (AvgIpc) is 2.14. The van der Waals surface area contributed by atoms with Crippen molar-refractivity contribution in [2.75, 3.05) is 0 Å². The minimum atomic E-state index is 0.269. The highest BCUT2D eigenvalue weighted by Crippen LogP contribution is 2.51. The lowest BCUT2D eigenvalue weighted by atomic mass is 9.58. The predicted molar refractivity (Wildman–Crippen MR) is 74.0 cm³/mol. The van der Waals surface area contributed by atoms with Gasteiger partial charge in [0, 0.05) is 4.47 Å². The summed E-state index contributed by atoms with van der Waals surface area (Å²) in [5.74, 6) is 0.716. The Morgan fingerprint density at radius 3 is 2.44 bits per heavy atom. The number of rotatable bonds is 0. The number of fused-ring (bicyclic) bond motifs is 1. The molecule has 2 rings (SSSR count). The first-order valence-electron chi connectivity index (χ1n) is 6.06. The molecule has 0 N–H and O–H groups in total. The molecule has 0 radical (unpaired) electrons. The average molecular weight is 281 g/mol. The van der Waals surface area contributed by atoms with Crippen LogP contribution in [-0.2, 0) is 10.8 Å². The third-order valence-corrected chi connectivity index (χ3v) is 5.10.